The van der Waals surface area contributed by atoms with E-state index in [4.69, 9.17) is 17.3 Å². The summed E-state index contributed by atoms with van der Waals surface area (Å²) in [6.07, 6.45) is 0. The molecule has 1 unspecified atom stereocenters. The number of hydrogen-bond donors (Lipinski definition) is 2. The fourth-order valence-corrected chi connectivity index (χ4v) is 3.56. The van der Waals surface area contributed by atoms with Gasteiger partial charge in [-0.25, -0.2) is 4.98 Å². The van der Waals surface area contributed by atoms with Crippen LogP contribution in [-0.4, -0.2) is 14.2 Å². The van der Waals surface area contributed by atoms with Crippen LogP contribution in [0.4, 0.5) is 5.69 Å². The highest BCUT2D eigenvalue weighted by molar-refractivity contribution is 7.83. The zero-order chi connectivity index (χ0) is 14.8. The van der Waals surface area contributed by atoms with Gasteiger partial charge in [0.2, 0.25) is 0 Å². The second-order valence-electron chi connectivity index (χ2n) is 4.78. The standard InChI is InChI=1S/C15H14ClN3OS/c16-12-4-2-1-3-10(12)8-21(20)9-15-18-13-6-5-11(17)7-14(13)19-15/h1-7H,8-9,17H2,(H,18,19). The summed E-state index contributed by atoms with van der Waals surface area (Å²) in [7, 11) is -1.07. The Morgan fingerprint density at radius 1 is 1.19 bits per heavy atom. The maximum absolute atomic E-state index is 12.2. The van der Waals surface area contributed by atoms with E-state index in [-0.39, 0.29) is 0 Å². The molecule has 0 amide bonds. The molecule has 0 fully saturated rings. The Morgan fingerprint density at radius 2 is 2.00 bits per heavy atom. The zero-order valence-electron chi connectivity index (χ0n) is 11.2. The largest absolute Gasteiger partial charge is 0.399 e. The predicted octanol–water partition coefficient (Wildman–Crippen LogP) is 3.25. The Labute approximate surface area is 129 Å². The molecule has 4 nitrogen and oxygen atoms in total. The van der Waals surface area contributed by atoms with Crippen LogP contribution in [0.25, 0.3) is 11.0 Å². The first-order valence-electron chi connectivity index (χ1n) is 6.44. The lowest BCUT2D eigenvalue weighted by molar-refractivity contribution is 0.681. The number of aromatic nitrogens is 2. The number of imidazole rings is 1. The molecule has 0 saturated carbocycles. The third-order valence-electron chi connectivity index (χ3n) is 3.13. The van der Waals surface area contributed by atoms with Crippen LogP contribution in [-0.2, 0) is 22.3 Å². The second-order valence-corrected chi connectivity index (χ2v) is 6.64. The van der Waals surface area contributed by atoms with Gasteiger partial charge in [0.1, 0.15) is 5.82 Å². The van der Waals surface area contributed by atoms with E-state index in [2.05, 4.69) is 9.97 Å². The fraction of sp³-hybridized carbons (Fsp3) is 0.133. The maximum Gasteiger partial charge on any atom is 0.119 e. The average molecular weight is 320 g/mol. The van der Waals surface area contributed by atoms with Crippen molar-refractivity contribution in [3.05, 3.63) is 58.9 Å². The van der Waals surface area contributed by atoms with Crippen molar-refractivity contribution in [2.75, 3.05) is 5.73 Å². The summed E-state index contributed by atoms with van der Waals surface area (Å²) in [5, 5.41) is 0.642. The molecule has 2 aromatic carbocycles. The van der Waals surface area contributed by atoms with Crippen LogP contribution in [0.15, 0.2) is 42.5 Å². The molecule has 21 heavy (non-hydrogen) atoms. The molecule has 3 aromatic rings. The number of halogens is 1. The van der Waals surface area contributed by atoms with Crippen molar-refractivity contribution in [2.24, 2.45) is 0 Å². The van der Waals surface area contributed by atoms with Gasteiger partial charge in [-0.3, -0.25) is 4.21 Å². The van der Waals surface area contributed by atoms with Crippen molar-refractivity contribution in [3.8, 4) is 0 Å². The van der Waals surface area contributed by atoms with Crippen molar-refractivity contribution in [1.82, 2.24) is 9.97 Å². The molecular weight excluding hydrogens is 306 g/mol. The Kier molecular flexibility index (Phi) is 3.94. The molecule has 3 N–H and O–H groups in total. The van der Waals surface area contributed by atoms with Gasteiger partial charge < -0.3 is 10.7 Å². The zero-order valence-corrected chi connectivity index (χ0v) is 12.7. The molecule has 0 aliphatic heterocycles. The van der Waals surface area contributed by atoms with E-state index in [1.807, 2.05) is 30.3 Å². The smallest absolute Gasteiger partial charge is 0.119 e. The van der Waals surface area contributed by atoms with Gasteiger partial charge in [0, 0.05) is 21.5 Å². The van der Waals surface area contributed by atoms with E-state index in [1.54, 1.807) is 12.1 Å². The number of nitrogen functional groups attached to an aromatic ring is 1. The van der Waals surface area contributed by atoms with E-state index in [1.165, 1.54) is 0 Å². The normalized spacial score (nSPS) is 12.6. The first-order valence-corrected chi connectivity index (χ1v) is 8.31. The monoisotopic (exact) mass is 319 g/mol. The summed E-state index contributed by atoms with van der Waals surface area (Å²) in [6.45, 7) is 0. The first kappa shape index (κ1) is 14.1. The summed E-state index contributed by atoms with van der Waals surface area (Å²) in [5.41, 5.74) is 8.98. The van der Waals surface area contributed by atoms with Crippen LogP contribution in [0.3, 0.4) is 0 Å². The van der Waals surface area contributed by atoms with Gasteiger partial charge in [0.15, 0.2) is 0 Å². The summed E-state index contributed by atoms with van der Waals surface area (Å²) in [5.74, 6) is 1.47. The lowest BCUT2D eigenvalue weighted by atomic mass is 10.2. The minimum absolute atomic E-state index is 0.361. The number of aromatic amines is 1. The highest BCUT2D eigenvalue weighted by atomic mass is 35.5. The first-order chi connectivity index (χ1) is 10.1. The number of H-pyrrole nitrogens is 1. The Balaban J connectivity index is 1.75. The summed E-state index contributed by atoms with van der Waals surface area (Å²) < 4.78 is 12.2. The SMILES string of the molecule is Nc1ccc2nc(CS(=O)Cc3ccccc3Cl)[nH]c2c1. The van der Waals surface area contributed by atoms with Crippen LogP contribution in [0, 0.1) is 0 Å². The molecule has 0 aliphatic carbocycles. The lowest BCUT2D eigenvalue weighted by Gasteiger charge is -2.03. The van der Waals surface area contributed by atoms with E-state index in [0.29, 0.717) is 28.0 Å². The molecule has 3 rings (SSSR count). The van der Waals surface area contributed by atoms with Crippen LogP contribution in [0.5, 0.6) is 0 Å². The van der Waals surface area contributed by atoms with Gasteiger partial charge >= 0.3 is 0 Å². The number of rotatable bonds is 4. The summed E-state index contributed by atoms with van der Waals surface area (Å²) >= 11 is 6.08. The van der Waals surface area contributed by atoms with Crippen molar-refractivity contribution in [1.29, 1.82) is 0 Å². The van der Waals surface area contributed by atoms with E-state index >= 15 is 0 Å². The Morgan fingerprint density at radius 3 is 2.81 bits per heavy atom. The Hall–Kier alpha value is -1.85. The molecule has 6 heteroatoms. The number of nitrogens with zero attached hydrogens (tertiary/aromatic N) is 1. The van der Waals surface area contributed by atoms with Crippen molar-refractivity contribution in [3.63, 3.8) is 0 Å². The lowest BCUT2D eigenvalue weighted by Crippen LogP contribution is -2.01. The van der Waals surface area contributed by atoms with Crippen molar-refractivity contribution >= 4 is 39.1 Å². The molecule has 0 spiro atoms. The molecule has 1 heterocycles. The van der Waals surface area contributed by atoms with Crippen LogP contribution < -0.4 is 5.73 Å². The maximum atomic E-state index is 12.2. The van der Waals surface area contributed by atoms with E-state index in [9.17, 15) is 4.21 Å². The number of benzene rings is 2. The molecule has 0 saturated heterocycles. The van der Waals surface area contributed by atoms with Crippen molar-refractivity contribution in [2.45, 2.75) is 11.5 Å². The van der Waals surface area contributed by atoms with Gasteiger partial charge in [0.05, 0.1) is 22.5 Å². The van der Waals surface area contributed by atoms with Crippen LogP contribution in [0.2, 0.25) is 5.02 Å². The third kappa shape index (κ3) is 3.25. The summed E-state index contributed by atoms with van der Waals surface area (Å²) in [6, 6.07) is 12.9. The predicted molar refractivity (Wildman–Crippen MR) is 87.5 cm³/mol. The number of fused-ring (bicyclic) bond motifs is 1. The Bertz CT molecular complexity index is 816. The third-order valence-corrected chi connectivity index (χ3v) is 4.72. The second kappa shape index (κ2) is 5.87. The van der Waals surface area contributed by atoms with Gasteiger partial charge in [0.25, 0.3) is 0 Å². The minimum Gasteiger partial charge on any atom is -0.399 e. The van der Waals surface area contributed by atoms with Crippen molar-refractivity contribution < 1.29 is 4.21 Å². The molecular formula is C15H14ClN3OS. The molecule has 1 atom stereocenters. The van der Waals surface area contributed by atoms with Crippen LogP contribution in [0.1, 0.15) is 11.4 Å². The van der Waals surface area contributed by atoms with Gasteiger partial charge in [-0.2, -0.15) is 0 Å². The number of anilines is 1. The minimum atomic E-state index is -1.07. The highest BCUT2D eigenvalue weighted by Crippen LogP contribution is 2.19. The molecule has 1 aromatic heterocycles. The number of nitrogens with two attached hydrogens (primary N) is 1. The van der Waals surface area contributed by atoms with Gasteiger partial charge in [-0.1, -0.05) is 29.8 Å². The summed E-state index contributed by atoms with van der Waals surface area (Å²) in [4.78, 5) is 7.57. The molecule has 0 radical (unpaired) electrons. The fourth-order valence-electron chi connectivity index (χ4n) is 2.14. The molecule has 0 aliphatic rings. The van der Waals surface area contributed by atoms with Gasteiger partial charge in [-0.05, 0) is 29.8 Å². The van der Waals surface area contributed by atoms with E-state index in [0.717, 1.165) is 16.6 Å². The topological polar surface area (TPSA) is 71.8 Å². The molecule has 0 bridgehead atoms. The van der Waals surface area contributed by atoms with Crippen LogP contribution >= 0.6 is 11.6 Å². The van der Waals surface area contributed by atoms with Gasteiger partial charge in [-0.15, -0.1) is 0 Å². The number of hydrogen-bond acceptors (Lipinski definition) is 3. The highest BCUT2D eigenvalue weighted by Gasteiger charge is 2.09. The molecule has 108 valence electrons. The number of nitrogens with one attached hydrogen (secondary N) is 1. The quantitative estimate of drug-likeness (QED) is 0.725. The average Bonchev–Trinajstić information content (AvgIpc) is 2.82. The van der Waals surface area contributed by atoms with E-state index < -0.39 is 10.8 Å².